The predicted octanol–water partition coefficient (Wildman–Crippen LogP) is 2.83. The smallest absolute Gasteiger partial charge is 0.303 e. The molecule has 0 aromatic rings. The van der Waals surface area contributed by atoms with E-state index >= 15 is 0 Å². The Hall–Kier alpha value is -1.32. The summed E-state index contributed by atoms with van der Waals surface area (Å²) in [6.07, 6.45) is 6.43. The molecule has 0 radical (unpaired) electrons. The van der Waals surface area contributed by atoms with Gasteiger partial charge in [-0.05, 0) is 39.0 Å². The fraction of sp³-hybridized carbons (Fsp3) is 0.667. The Bertz CT molecular complexity index is 256. The van der Waals surface area contributed by atoms with Crippen molar-refractivity contribution in [1.82, 2.24) is 0 Å². The minimum atomic E-state index is -0.757. The van der Waals surface area contributed by atoms with Crippen LogP contribution in [0.25, 0.3) is 0 Å². The summed E-state index contributed by atoms with van der Waals surface area (Å²) in [4.78, 5) is 20.5. The van der Waals surface area contributed by atoms with Crippen molar-refractivity contribution in [2.24, 2.45) is 0 Å². The summed E-state index contributed by atoms with van der Waals surface area (Å²) in [7, 11) is 0. The number of carboxylic acid groups (broad SMARTS) is 2. The van der Waals surface area contributed by atoms with Crippen LogP contribution in [0.1, 0.15) is 51.9 Å². The number of unbranched alkanes of at least 4 members (excludes halogenated alkanes) is 2. The second-order valence-corrected chi connectivity index (χ2v) is 3.94. The van der Waals surface area contributed by atoms with Crippen LogP contribution in [-0.4, -0.2) is 22.2 Å². The van der Waals surface area contributed by atoms with Gasteiger partial charge in [0.05, 0.1) is 0 Å². The number of rotatable bonds is 9. The molecule has 2 N–H and O–H groups in total. The highest BCUT2D eigenvalue weighted by molar-refractivity contribution is 5.66. The summed E-state index contributed by atoms with van der Waals surface area (Å²) in [5, 5.41) is 16.9. The van der Waals surface area contributed by atoms with Gasteiger partial charge >= 0.3 is 11.9 Å². The number of hydrogen-bond donors (Lipinski definition) is 2. The maximum Gasteiger partial charge on any atom is 0.303 e. The second kappa shape index (κ2) is 8.95. The van der Waals surface area contributed by atoms with Gasteiger partial charge < -0.3 is 10.2 Å². The summed E-state index contributed by atoms with van der Waals surface area (Å²) in [5.41, 5.74) is 1.22. The van der Waals surface area contributed by atoms with Crippen LogP contribution in [0.4, 0.5) is 0 Å². The minimum Gasteiger partial charge on any atom is -0.481 e. The topological polar surface area (TPSA) is 74.6 Å². The molecule has 0 saturated carbocycles. The van der Waals surface area contributed by atoms with Gasteiger partial charge in [-0.15, -0.1) is 0 Å². The van der Waals surface area contributed by atoms with Crippen LogP contribution in [0.2, 0.25) is 0 Å². The number of allylic oxidation sites excluding steroid dienone is 2. The first-order chi connectivity index (χ1) is 7.52. The molecule has 0 heterocycles. The highest BCUT2D eigenvalue weighted by Crippen LogP contribution is 2.10. The van der Waals surface area contributed by atoms with Crippen LogP contribution in [0.15, 0.2) is 11.6 Å². The zero-order chi connectivity index (χ0) is 12.4. The molecule has 0 spiro atoms. The fourth-order valence-corrected chi connectivity index (χ4v) is 1.38. The molecule has 0 saturated heterocycles. The standard InChI is InChI=1S/C12H20O4/c1-10(6-2-4-8-11(13)14)7-3-5-9-12(15)16/h6H,2-5,7-9H2,1H3,(H,13,14)(H,15,16). The summed E-state index contributed by atoms with van der Waals surface area (Å²) in [6, 6.07) is 0. The molecule has 4 nitrogen and oxygen atoms in total. The van der Waals surface area contributed by atoms with Crippen LogP contribution in [0.3, 0.4) is 0 Å². The van der Waals surface area contributed by atoms with E-state index < -0.39 is 11.9 Å². The fourth-order valence-electron chi connectivity index (χ4n) is 1.38. The molecule has 0 aromatic heterocycles. The van der Waals surface area contributed by atoms with E-state index in [0.717, 1.165) is 19.3 Å². The molecule has 0 aliphatic carbocycles. The van der Waals surface area contributed by atoms with Crippen LogP contribution in [0.5, 0.6) is 0 Å². The molecule has 0 aliphatic heterocycles. The molecule has 0 atom stereocenters. The van der Waals surface area contributed by atoms with E-state index in [1.807, 2.05) is 13.0 Å². The Balaban J connectivity index is 3.48. The third-order valence-electron chi connectivity index (χ3n) is 2.30. The van der Waals surface area contributed by atoms with E-state index in [1.54, 1.807) is 0 Å². The van der Waals surface area contributed by atoms with Crippen molar-refractivity contribution in [3.05, 3.63) is 11.6 Å². The molecule has 0 aliphatic rings. The number of hydrogen-bond acceptors (Lipinski definition) is 2. The van der Waals surface area contributed by atoms with E-state index in [-0.39, 0.29) is 12.8 Å². The molecule has 0 bridgehead atoms. The number of aliphatic carboxylic acids is 2. The molecule has 4 heteroatoms. The van der Waals surface area contributed by atoms with Gasteiger partial charge in [0.2, 0.25) is 0 Å². The zero-order valence-electron chi connectivity index (χ0n) is 9.74. The molecule has 92 valence electrons. The van der Waals surface area contributed by atoms with Crippen molar-refractivity contribution in [2.45, 2.75) is 51.9 Å². The molecule has 0 fully saturated rings. The maximum absolute atomic E-state index is 10.2. The minimum absolute atomic E-state index is 0.211. The molecule has 16 heavy (non-hydrogen) atoms. The number of carbonyl (C=O) groups is 2. The predicted molar refractivity (Wildman–Crippen MR) is 61.3 cm³/mol. The van der Waals surface area contributed by atoms with Crippen molar-refractivity contribution in [2.75, 3.05) is 0 Å². The van der Waals surface area contributed by atoms with E-state index in [2.05, 4.69) is 0 Å². The van der Waals surface area contributed by atoms with Crippen molar-refractivity contribution in [1.29, 1.82) is 0 Å². The van der Waals surface area contributed by atoms with E-state index in [9.17, 15) is 9.59 Å². The second-order valence-electron chi connectivity index (χ2n) is 3.94. The van der Waals surface area contributed by atoms with E-state index in [4.69, 9.17) is 10.2 Å². The van der Waals surface area contributed by atoms with Gasteiger partial charge in [0.1, 0.15) is 0 Å². The Morgan fingerprint density at radius 2 is 1.44 bits per heavy atom. The van der Waals surface area contributed by atoms with Crippen molar-refractivity contribution < 1.29 is 19.8 Å². The lowest BCUT2D eigenvalue weighted by atomic mass is 10.1. The summed E-state index contributed by atoms with van der Waals surface area (Å²) in [6.45, 7) is 2.00. The summed E-state index contributed by atoms with van der Waals surface area (Å²) < 4.78 is 0. The molecule has 0 unspecified atom stereocenters. The average Bonchev–Trinajstić information content (AvgIpc) is 2.19. The average molecular weight is 228 g/mol. The Labute approximate surface area is 96.0 Å². The summed E-state index contributed by atoms with van der Waals surface area (Å²) >= 11 is 0. The lowest BCUT2D eigenvalue weighted by molar-refractivity contribution is -0.138. The van der Waals surface area contributed by atoms with Crippen LogP contribution < -0.4 is 0 Å². The Morgan fingerprint density at radius 3 is 2.00 bits per heavy atom. The lowest BCUT2D eigenvalue weighted by Crippen LogP contribution is -1.94. The SMILES string of the molecule is CC(=CCCCC(=O)O)CCCCC(=O)O. The first-order valence-electron chi connectivity index (χ1n) is 5.61. The first-order valence-corrected chi connectivity index (χ1v) is 5.61. The molecular weight excluding hydrogens is 208 g/mol. The highest BCUT2D eigenvalue weighted by atomic mass is 16.4. The van der Waals surface area contributed by atoms with Crippen molar-refractivity contribution >= 4 is 11.9 Å². The van der Waals surface area contributed by atoms with Gasteiger partial charge in [0.15, 0.2) is 0 Å². The van der Waals surface area contributed by atoms with Crippen molar-refractivity contribution in [3.63, 3.8) is 0 Å². The first kappa shape index (κ1) is 14.7. The third kappa shape index (κ3) is 10.8. The molecule has 0 amide bonds. The molecule has 0 aromatic carbocycles. The van der Waals surface area contributed by atoms with Gasteiger partial charge in [-0.3, -0.25) is 9.59 Å². The van der Waals surface area contributed by atoms with E-state index in [0.29, 0.717) is 12.8 Å². The third-order valence-corrected chi connectivity index (χ3v) is 2.30. The van der Waals surface area contributed by atoms with Gasteiger partial charge in [-0.1, -0.05) is 11.6 Å². The van der Waals surface area contributed by atoms with Crippen LogP contribution in [0, 0.1) is 0 Å². The quantitative estimate of drug-likeness (QED) is 0.470. The van der Waals surface area contributed by atoms with Crippen LogP contribution in [-0.2, 0) is 9.59 Å². The maximum atomic E-state index is 10.2. The highest BCUT2D eigenvalue weighted by Gasteiger charge is 1.98. The van der Waals surface area contributed by atoms with Crippen LogP contribution >= 0.6 is 0 Å². The summed E-state index contributed by atoms with van der Waals surface area (Å²) in [5.74, 6) is -1.50. The zero-order valence-corrected chi connectivity index (χ0v) is 9.74. The molecule has 0 rings (SSSR count). The Morgan fingerprint density at radius 1 is 0.938 bits per heavy atom. The van der Waals surface area contributed by atoms with Gasteiger partial charge in [-0.2, -0.15) is 0 Å². The molecular formula is C12H20O4. The largest absolute Gasteiger partial charge is 0.481 e. The number of carboxylic acids is 2. The Kier molecular flexibility index (Phi) is 8.21. The van der Waals surface area contributed by atoms with Gasteiger partial charge in [0, 0.05) is 12.8 Å². The lowest BCUT2D eigenvalue weighted by Gasteiger charge is -2.00. The monoisotopic (exact) mass is 228 g/mol. The normalized spacial score (nSPS) is 11.4. The van der Waals surface area contributed by atoms with E-state index in [1.165, 1.54) is 5.57 Å². The van der Waals surface area contributed by atoms with Gasteiger partial charge in [0.25, 0.3) is 0 Å². The van der Waals surface area contributed by atoms with Crippen molar-refractivity contribution in [3.8, 4) is 0 Å². The van der Waals surface area contributed by atoms with Gasteiger partial charge in [-0.25, -0.2) is 0 Å².